The van der Waals surface area contributed by atoms with Crippen molar-refractivity contribution < 1.29 is 24.3 Å². The lowest BCUT2D eigenvalue weighted by atomic mass is 10.0. The molecule has 1 fully saturated rings. The molecule has 1 aliphatic rings. The van der Waals surface area contributed by atoms with Crippen molar-refractivity contribution in [3.63, 3.8) is 0 Å². The SMILES string of the molecule is COC1(CNc2cccc(C(=O)O)c2[N+](=O)[O-])CCOC1. The molecular weight excluding hydrogens is 280 g/mol. The molecule has 2 rings (SSSR count). The normalized spacial score (nSPS) is 21.2. The summed E-state index contributed by atoms with van der Waals surface area (Å²) >= 11 is 0. The zero-order valence-corrected chi connectivity index (χ0v) is 11.5. The van der Waals surface area contributed by atoms with Crippen LogP contribution in [0, 0.1) is 10.1 Å². The van der Waals surface area contributed by atoms with Crippen molar-refractivity contribution >= 4 is 17.3 Å². The lowest BCUT2D eigenvalue weighted by Crippen LogP contribution is -2.39. The summed E-state index contributed by atoms with van der Waals surface area (Å²) in [6, 6.07) is 4.14. The fourth-order valence-electron chi connectivity index (χ4n) is 2.27. The van der Waals surface area contributed by atoms with Gasteiger partial charge in [0.05, 0.1) is 11.5 Å². The minimum absolute atomic E-state index is 0.156. The summed E-state index contributed by atoms with van der Waals surface area (Å²) in [4.78, 5) is 21.5. The number of nitrogens with one attached hydrogen (secondary N) is 1. The minimum atomic E-state index is -1.34. The van der Waals surface area contributed by atoms with Gasteiger partial charge in [0, 0.05) is 26.7 Å². The maximum atomic E-state index is 11.1. The van der Waals surface area contributed by atoms with Gasteiger partial charge in [0.1, 0.15) is 16.9 Å². The Morgan fingerprint density at radius 3 is 2.90 bits per heavy atom. The minimum Gasteiger partial charge on any atom is -0.477 e. The van der Waals surface area contributed by atoms with Gasteiger partial charge < -0.3 is 19.9 Å². The Morgan fingerprint density at radius 2 is 2.38 bits per heavy atom. The average Bonchev–Trinajstić information content (AvgIpc) is 2.94. The fourth-order valence-corrected chi connectivity index (χ4v) is 2.27. The quantitative estimate of drug-likeness (QED) is 0.604. The molecule has 0 aromatic heterocycles. The summed E-state index contributed by atoms with van der Waals surface area (Å²) < 4.78 is 10.7. The fraction of sp³-hybridized carbons (Fsp3) is 0.462. The Bertz CT molecular complexity index is 554. The van der Waals surface area contributed by atoms with Crippen LogP contribution in [0.15, 0.2) is 18.2 Å². The topological polar surface area (TPSA) is 111 Å². The molecule has 21 heavy (non-hydrogen) atoms. The number of aromatic carboxylic acids is 1. The van der Waals surface area contributed by atoms with Gasteiger partial charge in [-0.05, 0) is 12.1 Å². The van der Waals surface area contributed by atoms with Crippen LogP contribution in [0.4, 0.5) is 11.4 Å². The van der Waals surface area contributed by atoms with Crippen LogP contribution in [0.1, 0.15) is 16.8 Å². The van der Waals surface area contributed by atoms with Gasteiger partial charge in [-0.15, -0.1) is 0 Å². The molecule has 1 heterocycles. The molecule has 0 saturated carbocycles. The molecule has 1 aromatic rings. The number of nitro benzene ring substituents is 1. The third-order valence-corrected chi connectivity index (χ3v) is 3.55. The summed E-state index contributed by atoms with van der Waals surface area (Å²) in [5.74, 6) is -1.34. The number of hydrogen-bond acceptors (Lipinski definition) is 6. The molecule has 0 aliphatic carbocycles. The third-order valence-electron chi connectivity index (χ3n) is 3.55. The highest BCUT2D eigenvalue weighted by molar-refractivity contribution is 5.95. The first kappa shape index (κ1) is 15.2. The van der Waals surface area contributed by atoms with Crippen LogP contribution in [0.3, 0.4) is 0 Å². The van der Waals surface area contributed by atoms with Gasteiger partial charge in [-0.3, -0.25) is 10.1 Å². The van der Waals surface area contributed by atoms with Gasteiger partial charge in [-0.2, -0.15) is 0 Å². The smallest absolute Gasteiger partial charge is 0.342 e. The zero-order valence-electron chi connectivity index (χ0n) is 11.5. The first-order valence-electron chi connectivity index (χ1n) is 6.36. The lowest BCUT2D eigenvalue weighted by molar-refractivity contribution is -0.384. The Morgan fingerprint density at radius 1 is 1.62 bits per heavy atom. The molecular formula is C13H16N2O6. The van der Waals surface area contributed by atoms with Crippen molar-refractivity contribution in [1.82, 2.24) is 0 Å². The van der Waals surface area contributed by atoms with Gasteiger partial charge in [0.25, 0.3) is 0 Å². The van der Waals surface area contributed by atoms with E-state index in [0.29, 0.717) is 26.2 Å². The van der Waals surface area contributed by atoms with Crippen LogP contribution >= 0.6 is 0 Å². The van der Waals surface area contributed by atoms with Crippen molar-refractivity contribution in [2.45, 2.75) is 12.0 Å². The molecule has 0 radical (unpaired) electrons. The molecule has 114 valence electrons. The molecule has 2 N–H and O–H groups in total. The van der Waals surface area contributed by atoms with E-state index in [1.54, 1.807) is 7.11 Å². The number of carbonyl (C=O) groups is 1. The molecule has 1 aliphatic heterocycles. The molecule has 1 atom stereocenters. The first-order chi connectivity index (χ1) is 9.99. The van der Waals surface area contributed by atoms with Crippen LogP contribution in [0.25, 0.3) is 0 Å². The lowest BCUT2D eigenvalue weighted by Gasteiger charge is -2.26. The highest BCUT2D eigenvalue weighted by Crippen LogP contribution is 2.30. The number of anilines is 1. The van der Waals surface area contributed by atoms with E-state index in [0.717, 1.165) is 0 Å². The van der Waals surface area contributed by atoms with Crippen LogP contribution in [-0.4, -0.2) is 48.5 Å². The highest BCUT2D eigenvalue weighted by atomic mass is 16.6. The Hall–Kier alpha value is -2.19. The Kier molecular flexibility index (Phi) is 4.39. The van der Waals surface area contributed by atoms with Crippen molar-refractivity contribution in [1.29, 1.82) is 0 Å². The monoisotopic (exact) mass is 296 g/mol. The van der Waals surface area contributed by atoms with E-state index in [1.807, 2.05) is 0 Å². The van der Waals surface area contributed by atoms with E-state index in [9.17, 15) is 14.9 Å². The van der Waals surface area contributed by atoms with Crippen LogP contribution in [-0.2, 0) is 9.47 Å². The third kappa shape index (κ3) is 3.11. The maximum absolute atomic E-state index is 11.1. The number of benzene rings is 1. The molecule has 8 heteroatoms. The van der Waals surface area contributed by atoms with Crippen LogP contribution in [0.5, 0.6) is 0 Å². The van der Waals surface area contributed by atoms with Crippen LogP contribution < -0.4 is 5.32 Å². The van der Waals surface area contributed by atoms with Crippen molar-refractivity contribution in [3.05, 3.63) is 33.9 Å². The second-order valence-electron chi connectivity index (χ2n) is 4.81. The van der Waals surface area contributed by atoms with Gasteiger partial charge in [0.15, 0.2) is 0 Å². The number of carboxylic acid groups (broad SMARTS) is 1. The molecule has 1 unspecified atom stereocenters. The van der Waals surface area contributed by atoms with Crippen molar-refractivity contribution in [3.8, 4) is 0 Å². The van der Waals surface area contributed by atoms with E-state index in [1.165, 1.54) is 18.2 Å². The second kappa shape index (κ2) is 6.06. The number of methoxy groups -OCH3 is 1. The standard InChI is InChI=1S/C13H16N2O6/c1-20-13(5-6-21-8-13)7-14-10-4-2-3-9(12(16)17)11(10)15(18)19/h2-4,14H,5-8H2,1H3,(H,16,17). The Balaban J connectivity index is 2.25. The molecule has 1 saturated heterocycles. The molecule has 0 amide bonds. The maximum Gasteiger partial charge on any atom is 0.342 e. The summed E-state index contributed by atoms with van der Waals surface area (Å²) in [5.41, 5.74) is -1.19. The number of ether oxygens (including phenoxy) is 2. The molecule has 0 spiro atoms. The van der Waals surface area contributed by atoms with Gasteiger partial charge in [0.2, 0.25) is 0 Å². The zero-order chi connectivity index (χ0) is 15.5. The summed E-state index contributed by atoms with van der Waals surface area (Å²) in [5, 5.41) is 23.1. The number of para-hydroxylation sites is 1. The van der Waals surface area contributed by atoms with Crippen molar-refractivity contribution in [2.24, 2.45) is 0 Å². The number of carboxylic acids is 1. The highest BCUT2D eigenvalue weighted by Gasteiger charge is 2.35. The van der Waals surface area contributed by atoms with E-state index in [-0.39, 0.29) is 11.3 Å². The average molecular weight is 296 g/mol. The Labute approximate surface area is 120 Å². The van der Waals surface area contributed by atoms with E-state index >= 15 is 0 Å². The van der Waals surface area contributed by atoms with Gasteiger partial charge >= 0.3 is 11.7 Å². The van der Waals surface area contributed by atoms with Crippen molar-refractivity contribution in [2.75, 3.05) is 32.2 Å². The summed E-state index contributed by atoms with van der Waals surface area (Å²) in [7, 11) is 1.55. The number of rotatable bonds is 6. The number of nitrogens with zero attached hydrogens (tertiary/aromatic N) is 1. The van der Waals surface area contributed by atoms with E-state index < -0.39 is 22.2 Å². The summed E-state index contributed by atoms with van der Waals surface area (Å²) in [6.45, 7) is 1.25. The van der Waals surface area contributed by atoms with Gasteiger partial charge in [-0.25, -0.2) is 4.79 Å². The second-order valence-corrected chi connectivity index (χ2v) is 4.81. The predicted molar refractivity (Wildman–Crippen MR) is 73.7 cm³/mol. The predicted octanol–water partition coefficient (Wildman–Crippen LogP) is 1.51. The van der Waals surface area contributed by atoms with E-state index in [4.69, 9.17) is 14.6 Å². The van der Waals surface area contributed by atoms with Gasteiger partial charge in [-0.1, -0.05) is 6.07 Å². The molecule has 1 aromatic carbocycles. The molecule has 0 bridgehead atoms. The molecule has 8 nitrogen and oxygen atoms in total. The van der Waals surface area contributed by atoms with Crippen LogP contribution in [0.2, 0.25) is 0 Å². The van der Waals surface area contributed by atoms with E-state index in [2.05, 4.69) is 5.32 Å². The summed E-state index contributed by atoms with van der Waals surface area (Å²) in [6.07, 6.45) is 0.670. The number of nitro groups is 1. The number of hydrogen-bond donors (Lipinski definition) is 2. The largest absolute Gasteiger partial charge is 0.477 e. The first-order valence-corrected chi connectivity index (χ1v) is 6.36.